The van der Waals surface area contributed by atoms with Crippen LogP contribution in [0.25, 0.3) is 11.2 Å². The second-order valence-electron chi connectivity index (χ2n) is 5.92. The summed E-state index contributed by atoms with van der Waals surface area (Å²) in [4.78, 5) is 28.4. The largest absolute Gasteiger partial charge is 0.294 e. The molecule has 128 valence electrons. The first-order chi connectivity index (χ1) is 11.8. The van der Waals surface area contributed by atoms with Crippen molar-refractivity contribution in [2.75, 3.05) is 0 Å². The second kappa shape index (κ2) is 5.11. The summed E-state index contributed by atoms with van der Waals surface area (Å²) in [7, 11) is -4.39. The normalized spacial score (nSPS) is 16.5. The molecular formula is C16H13N3O5S. The molecule has 1 atom stereocenters. The first kappa shape index (κ1) is 15.7. The van der Waals surface area contributed by atoms with Crippen LogP contribution in [-0.4, -0.2) is 27.1 Å². The van der Waals surface area contributed by atoms with Gasteiger partial charge < -0.3 is 0 Å². The van der Waals surface area contributed by atoms with Gasteiger partial charge in [0.05, 0.1) is 23.7 Å². The first-order valence-corrected chi connectivity index (χ1v) is 8.91. The fourth-order valence-electron chi connectivity index (χ4n) is 3.44. The van der Waals surface area contributed by atoms with Crippen molar-refractivity contribution in [2.24, 2.45) is 0 Å². The summed E-state index contributed by atoms with van der Waals surface area (Å²) in [5.74, 6) is 0. The third-order valence-corrected chi connectivity index (χ3v) is 5.54. The molecule has 0 fully saturated rings. The van der Waals surface area contributed by atoms with Crippen LogP contribution in [-0.2, 0) is 16.7 Å². The maximum Gasteiger partial charge on any atom is 0.294 e. The van der Waals surface area contributed by atoms with Gasteiger partial charge in [-0.05, 0) is 30.2 Å². The molecule has 0 spiro atoms. The highest BCUT2D eigenvalue weighted by Gasteiger charge is 2.30. The number of hydrogen-bond donors (Lipinski definition) is 1. The lowest BCUT2D eigenvalue weighted by Crippen LogP contribution is -2.24. The Morgan fingerprint density at radius 1 is 1.16 bits per heavy atom. The Balaban J connectivity index is 2.04. The van der Waals surface area contributed by atoms with Crippen molar-refractivity contribution in [2.45, 2.75) is 24.4 Å². The van der Waals surface area contributed by atoms with E-state index >= 15 is 0 Å². The predicted octanol–water partition coefficient (Wildman–Crippen LogP) is 0.716. The highest BCUT2D eigenvalue weighted by Crippen LogP contribution is 2.32. The summed E-state index contributed by atoms with van der Waals surface area (Å²) in [6, 6.07) is 6.86. The van der Waals surface area contributed by atoms with Gasteiger partial charge in [-0.1, -0.05) is 12.1 Å². The van der Waals surface area contributed by atoms with Crippen LogP contribution in [0.2, 0.25) is 0 Å². The Morgan fingerprint density at radius 3 is 2.64 bits per heavy atom. The highest BCUT2D eigenvalue weighted by molar-refractivity contribution is 7.85. The lowest BCUT2D eigenvalue weighted by atomic mass is 10.0. The maximum atomic E-state index is 12.4. The quantitative estimate of drug-likeness (QED) is 0.675. The van der Waals surface area contributed by atoms with Gasteiger partial charge in [0.25, 0.3) is 21.2 Å². The van der Waals surface area contributed by atoms with Crippen molar-refractivity contribution in [1.82, 2.24) is 14.1 Å². The van der Waals surface area contributed by atoms with Crippen molar-refractivity contribution in [3.05, 3.63) is 68.4 Å². The molecule has 1 aromatic carbocycles. The van der Waals surface area contributed by atoms with Crippen molar-refractivity contribution in [3.8, 4) is 0 Å². The molecule has 9 heteroatoms. The topological polar surface area (TPSA) is 111 Å². The van der Waals surface area contributed by atoms with E-state index in [-0.39, 0.29) is 22.6 Å². The average molecular weight is 359 g/mol. The molecule has 0 unspecified atom stereocenters. The standard InChI is InChI=1S/C16H13N3O5S/c1-9-10(3-2-4-13(9)25(22,23)24)12-8-18-14(20)6-5-11-16(18)19(12)15(21)7-17-11/h2-7,12H,8H2,1H3,(H,22,23,24)/t12-/m1/s1. The Bertz CT molecular complexity index is 1250. The van der Waals surface area contributed by atoms with Gasteiger partial charge in [-0.15, -0.1) is 0 Å². The third-order valence-electron chi connectivity index (χ3n) is 4.54. The van der Waals surface area contributed by atoms with Gasteiger partial charge in [0.2, 0.25) is 0 Å². The molecule has 0 radical (unpaired) electrons. The molecule has 0 aliphatic carbocycles. The van der Waals surface area contributed by atoms with E-state index < -0.39 is 16.2 Å². The molecule has 3 heterocycles. The van der Waals surface area contributed by atoms with Crippen LogP contribution in [0.5, 0.6) is 0 Å². The summed E-state index contributed by atoms with van der Waals surface area (Å²) in [5.41, 5.74) is 1.15. The van der Waals surface area contributed by atoms with Gasteiger partial charge in [0, 0.05) is 6.07 Å². The number of hydrogen-bond acceptors (Lipinski definition) is 5. The molecule has 8 nitrogen and oxygen atoms in total. The summed E-state index contributed by atoms with van der Waals surface area (Å²) >= 11 is 0. The van der Waals surface area contributed by atoms with Crippen molar-refractivity contribution in [3.63, 3.8) is 0 Å². The summed E-state index contributed by atoms with van der Waals surface area (Å²) in [6.45, 7) is 1.75. The van der Waals surface area contributed by atoms with Crippen LogP contribution in [0.1, 0.15) is 17.2 Å². The summed E-state index contributed by atoms with van der Waals surface area (Å²) < 4.78 is 35.4. The van der Waals surface area contributed by atoms with E-state index in [1.807, 2.05) is 0 Å². The van der Waals surface area contributed by atoms with Crippen LogP contribution < -0.4 is 11.1 Å². The zero-order chi connectivity index (χ0) is 17.9. The number of rotatable bonds is 2. The van der Waals surface area contributed by atoms with Crippen molar-refractivity contribution < 1.29 is 13.0 Å². The van der Waals surface area contributed by atoms with E-state index in [4.69, 9.17) is 0 Å². The van der Waals surface area contributed by atoms with Crippen LogP contribution in [0.4, 0.5) is 0 Å². The third kappa shape index (κ3) is 2.24. The Labute approximate surface area is 141 Å². The molecule has 1 N–H and O–H groups in total. The fraction of sp³-hybridized carbons (Fsp3) is 0.188. The van der Waals surface area contributed by atoms with E-state index in [0.29, 0.717) is 22.3 Å². The Morgan fingerprint density at radius 2 is 1.92 bits per heavy atom. The zero-order valence-electron chi connectivity index (χ0n) is 13.1. The zero-order valence-corrected chi connectivity index (χ0v) is 13.9. The van der Waals surface area contributed by atoms with Crippen molar-refractivity contribution in [1.29, 1.82) is 0 Å². The van der Waals surface area contributed by atoms with E-state index in [1.54, 1.807) is 19.1 Å². The molecule has 0 saturated carbocycles. The monoisotopic (exact) mass is 359 g/mol. The Kier molecular flexibility index (Phi) is 3.21. The fourth-order valence-corrected chi connectivity index (χ4v) is 4.20. The number of pyridine rings is 1. The van der Waals surface area contributed by atoms with E-state index in [1.165, 1.54) is 33.5 Å². The molecule has 1 aliphatic rings. The smallest absolute Gasteiger partial charge is 0.290 e. The minimum atomic E-state index is -4.39. The first-order valence-electron chi connectivity index (χ1n) is 7.47. The van der Waals surface area contributed by atoms with Crippen molar-refractivity contribution >= 4 is 21.3 Å². The number of benzene rings is 1. The van der Waals surface area contributed by atoms with Crippen LogP contribution >= 0.6 is 0 Å². The summed E-state index contributed by atoms with van der Waals surface area (Å²) in [6.07, 6.45) is 1.18. The predicted molar refractivity (Wildman–Crippen MR) is 89.4 cm³/mol. The minimum absolute atomic E-state index is 0.187. The molecule has 0 saturated heterocycles. The van der Waals surface area contributed by atoms with Crippen LogP contribution in [0.3, 0.4) is 0 Å². The van der Waals surface area contributed by atoms with Crippen LogP contribution in [0, 0.1) is 6.92 Å². The lowest BCUT2D eigenvalue weighted by molar-refractivity contribution is 0.481. The molecule has 0 amide bonds. The molecule has 25 heavy (non-hydrogen) atoms. The van der Waals surface area contributed by atoms with E-state index in [9.17, 15) is 22.6 Å². The van der Waals surface area contributed by atoms with E-state index in [2.05, 4.69) is 4.98 Å². The van der Waals surface area contributed by atoms with Crippen LogP contribution in [0.15, 0.2) is 51.0 Å². The molecule has 3 aromatic rings. The van der Waals surface area contributed by atoms with Gasteiger partial charge in [-0.2, -0.15) is 8.42 Å². The molecule has 2 aromatic heterocycles. The van der Waals surface area contributed by atoms with Gasteiger partial charge in [-0.25, -0.2) is 4.98 Å². The van der Waals surface area contributed by atoms with Gasteiger partial charge in [-0.3, -0.25) is 23.3 Å². The summed E-state index contributed by atoms with van der Waals surface area (Å²) in [5, 5.41) is 0. The van der Waals surface area contributed by atoms with Gasteiger partial charge in [0.1, 0.15) is 11.2 Å². The second-order valence-corrected chi connectivity index (χ2v) is 7.31. The van der Waals surface area contributed by atoms with E-state index in [0.717, 1.165) is 0 Å². The Hall–Kier alpha value is -2.78. The minimum Gasteiger partial charge on any atom is -0.290 e. The van der Waals surface area contributed by atoms with Gasteiger partial charge in [0.15, 0.2) is 0 Å². The molecule has 1 aliphatic heterocycles. The molecule has 4 rings (SSSR count). The maximum absolute atomic E-state index is 12.4. The van der Waals surface area contributed by atoms with Gasteiger partial charge >= 0.3 is 0 Å². The SMILES string of the molecule is Cc1c([C@H]2Cn3c(=O)ccc4ncc(=O)n2c43)cccc1S(=O)(=O)O. The average Bonchev–Trinajstić information content (AvgIpc) is 2.95. The number of aromatic nitrogens is 3. The molecular weight excluding hydrogens is 346 g/mol. The number of nitrogens with zero attached hydrogens (tertiary/aromatic N) is 3. The molecule has 0 bridgehead atoms. The lowest BCUT2D eigenvalue weighted by Gasteiger charge is -2.17. The highest BCUT2D eigenvalue weighted by atomic mass is 32.2.